The van der Waals surface area contributed by atoms with Crippen LogP contribution in [0, 0.1) is 0 Å². The van der Waals surface area contributed by atoms with Gasteiger partial charge in [0, 0.05) is 11.4 Å². The summed E-state index contributed by atoms with van der Waals surface area (Å²) < 4.78 is 0. The Morgan fingerprint density at radius 3 is 2.47 bits per heavy atom. The smallest absolute Gasteiger partial charge is 0.0868 e. The highest BCUT2D eigenvalue weighted by molar-refractivity contribution is 5.36. The average molecular weight is 202 g/mol. The van der Waals surface area contributed by atoms with E-state index in [4.69, 9.17) is 0 Å². The molecule has 1 aromatic rings. The van der Waals surface area contributed by atoms with E-state index in [2.05, 4.69) is 43.7 Å². The van der Waals surface area contributed by atoms with Crippen LogP contribution in [0.25, 0.3) is 6.08 Å². The Hall–Kier alpha value is -1.18. The first-order chi connectivity index (χ1) is 7.11. The normalized spacial score (nSPS) is 14.0. The topological polar surface area (TPSA) is 25.2 Å². The highest BCUT2D eigenvalue weighted by Crippen LogP contribution is 2.11. The molecule has 0 amide bonds. The number of fused-ring (bicyclic) bond motifs is 1. The second-order valence-electron chi connectivity index (χ2n) is 4.72. The second kappa shape index (κ2) is 3.76. The van der Waals surface area contributed by atoms with Crippen molar-refractivity contribution in [2.45, 2.75) is 39.5 Å². The minimum absolute atomic E-state index is 0.454. The molecule has 0 atom stereocenters. The summed E-state index contributed by atoms with van der Waals surface area (Å²) in [5, 5.41) is 2.46. The molecule has 0 fully saturated rings. The second-order valence-corrected chi connectivity index (χ2v) is 4.72. The molecule has 80 valence electrons. The van der Waals surface area contributed by atoms with Gasteiger partial charge >= 0.3 is 0 Å². The van der Waals surface area contributed by atoms with Crippen molar-refractivity contribution in [3.63, 3.8) is 0 Å². The van der Waals surface area contributed by atoms with Crippen molar-refractivity contribution in [3.05, 3.63) is 28.0 Å². The quantitative estimate of drug-likeness (QED) is 0.717. The summed E-state index contributed by atoms with van der Waals surface area (Å²) in [6, 6.07) is 0. The molecule has 1 aliphatic heterocycles. The summed E-state index contributed by atoms with van der Waals surface area (Å²) in [6.07, 6.45) is 4.24. The number of pyridine rings is 1. The van der Waals surface area contributed by atoms with Crippen molar-refractivity contribution in [2.75, 3.05) is 6.54 Å². The Labute approximate surface area is 90.8 Å². The van der Waals surface area contributed by atoms with E-state index in [0.717, 1.165) is 17.6 Å². The van der Waals surface area contributed by atoms with E-state index in [-0.39, 0.29) is 0 Å². The maximum Gasteiger partial charge on any atom is 0.0868 e. The van der Waals surface area contributed by atoms with Crippen LogP contribution in [0.3, 0.4) is 0 Å². The number of hydrogen-bond acceptors (Lipinski definition) is 2. The summed E-state index contributed by atoms with van der Waals surface area (Å²) in [5.41, 5.74) is 2.47. The Balaban J connectivity index is 2.72. The summed E-state index contributed by atoms with van der Waals surface area (Å²) in [6.45, 7) is 9.58. The fourth-order valence-electron chi connectivity index (χ4n) is 2.04. The lowest BCUT2D eigenvalue weighted by molar-refractivity contribution is 0.779. The zero-order valence-electron chi connectivity index (χ0n) is 9.91. The summed E-state index contributed by atoms with van der Waals surface area (Å²) in [7, 11) is 0. The molecule has 0 radical (unpaired) electrons. The Kier molecular flexibility index (Phi) is 2.59. The maximum absolute atomic E-state index is 4.56. The van der Waals surface area contributed by atoms with Crippen molar-refractivity contribution in [2.24, 2.45) is 4.99 Å². The van der Waals surface area contributed by atoms with Crippen LogP contribution in [-0.4, -0.2) is 11.5 Å². The molecule has 0 aliphatic carbocycles. The standard InChI is InChI=1S/C13H18N2/c1-8(2)11-7-15-12(9(3)4)13-10(11)5-6-14-13/h5,7-9H,6H2,1-4H3. The number of hydrogen-bond donors (Lipinski definition) is 0. The van der Waals surface area contributed by atoms with Gasteiger partial charge in [0.2, 0.25) is 0 Å². The van der Waals surface area contributed by atoms with Crippen LogP contribution in [0.1, 0.15) is 50.8 Å². The first kappa shape index (κ1) is 10.3. The maximum atomic E-state index is 4.56. The van der Waals surface area contributed by atoms with E-state index in [0.29, 0.717) is 11.8 Å². The molecule has 2 nitrogen and oxygen atoms in total. The van der Waals surface area contributed by atoms with Gasteiger partial charge in [0.1, 0.15) is 0 Å². The minimum Gasteiger partial charge on any atom is -0.279 e. The molecule has 0 saturated heterocycles. The highest BCUT2D eigenvalue weighted by Gasteiger charge is 2.12. The molecule has 2 rings (SSSR count). The molecule has 0 N–H and O–H groups in total. The first-order valence-corrected chi connectivity index (χ1v) is 5.64. The van der Waals surface area contributed by atoms with Crippen molar-refractivity contribution < 1.29 is 0 Å². The van der Waals surface area contributed by atoms with Crippen molar-refractivity contribution >= 4 is 6.08 Å². The molecular weight excluding hydrogens is 184 g/mol. The monoisotopic (exact) mass is 202 g/mol. The Morgan fingerprint density at radius 1 is 1.13 bits per heavy atom. The van der Waals surface area contributed by atoms with Crippen LogP contribution >= 0.6 is 0 Å². The zero-order valence-corrected chi connectivity index (χ0v) is 9.91. The van der Waals surface area contributed by atoms with Gasteiger partial charge in [-0.2, -0.15) is 0 Å². The fourth-order valence-corrected chi connectivity index (χ4v) is 2.04. The first-order valence-electron chi connectivity index (χ1n) is 5.64. The van der Waals surface area contributed by atoms with Gasteiger partial charge in [-0.15, -0.1) is 0 Å². The van der Waals surface area contributed by atoms with Gasteiger partial charge < -0.3 is 0 Å². The molecule has 1 aromatic heterocycles. The van der Waals surface area contributed by atoms with Crippen LogP contribution in [0.2, 0.25) is 0 Å². The molecule has 0 bridgehead atoms. The number of rotatable bonds is 2. The van der Waals surface area contributed by atoms with E-state index in [9.17, 15) is 0 Å². The van der Waals surface area contributed by atoms with E-state index >= 15 is 0 Å². The largest absolute Gasteiger partial charge is 0.279 e. The SMILES string of the molecule is CC(C)c1cnc(C(C)C)c2c1=CCN=2. The van der Waals surface area contributed by atoms with Gasteiger partial charge in [0.15, 0.2) is 0 Å². The van der Waals surface area contributed by atoms with Gasteiger partial charge in [-0.25, -0.2) is 0 Å². The summed E-state index contributed by atoms with van der Waals surface area (Å²) >= 11 is 0. The lowest BCUT2D eigenvalue weighted by Gasteiger charge is -2.09. The third kappa shape index (κ3) is 1.69. The molecule has 0 aromatic carbocycles. The fraction of sp³-hybridized carbons (Fsp3) is 0.538. The lowest BCUT2D eigenvalue weighted by atomic mass is 10.00. The van der Waals surface area contributed by atoms with Crippen molar-refractivity contribution in [1.82, 2.24) is 4.98 Å². The van der Waals surface area contributed by atoms with Crippen molar-refractivity contribution in [1.29, 1.82) is 0 Å². The molecule has 2 heteroatoms. The lowest BCUT2D eigenvalue weighted by Crippen LogP contribution is -2.32. The van der Waals surface area contributed by atoms with Crippen LogP contribution in [0.4, 0.5) is 0 Å². The highest BCUT2D eigenvalue weighted by atomic mass is 14.8. The zero-order chi connectivity index (χ0) is 11.0. The molecule has 0 spiro atoms. The Bertz CT molecular complexity index is 439. The molecule has 2 heterocycles. The molecule has 0 unspecified atom stereocenters. The molecule has 0 saturated carbocycles. The molecular formula is C13H18N2. The van der Waals surface area contributed by atoms with Gasteiger partial charge in [0.25, 0.3) is 0 Å². The van der Waals surface area contributed by atoms with E-state index in [1.807, 2.05) is 6.20 Å². The van der Waals surface area contributed by atoms with E-state index < -0.39 is 0 Å². The average Bonchev–Trinajstić information content (AvgIpc) is 2.63. The number of aromatic nitrogens is 1. The van der Waals surface area contributed by atoms with Gasteiger partial charge in [-0.1, -0.05) is 33.8 Å². The third-order valence-electron chi connectivity index (χ3n) is 2.87. The molecule has 15 heavy (non-hydrogen) atoms. The minimum atomic E-state index is 0.454. The van der Waals surface area contributed by atoms with Crippen LogP contribution in [-0.2, 0) is 0 Å². The van der Waals surface area contributed by atoms with Gasteiger partial charge in [0.05, 0.1) is 17.6 Å². The van der Waals surface area contributed by atoms with Crippen molar-refractivity contribution in [3.8, 4) is 0 Å². The predicted molar refractivity (Wildman–Crippen MR) is 62.5 cm³/mol. The summed E-state index contributed by atoms with van der Waals surface area (Å²) in [4.78, 5) is 9.10. The third-order valence-corrected chi connectivity index (χ3v) is 2.87. The van der Waals surface area contributed by atoms with E-state index in [1.54, 1.807) is 0 Å². The summed E-state index contributed by atoms with van der Waals surface area (Å²) in [5.74, 6) is 0.979. The van der Waals surface area contributed by atoms with Crippen LogP contribution < -0.4 is 10.6 Å². The van der Waals surface area contributed by atoms with E-state index in [1.165, 1.54) is 10.8 Å². The van der Waals surface area contributed by atoms with Crippen LogP contribution in [0.5, 0.6) is 0 Å². The molecule has 1 aliphatic rings. The van der Waals surface area contributed by atoms with Gasteiger partial charge in [-0.3, -0.25) is 9.98 Å². The van der Waals surface area contributed by atoms with Gasteiger partial charge in [-0.05, 0) is 17.4 Å². The number of nitrogens with zero attached hydrogens (tertiary/aromatic N) is 2. The Morgan fingerprint density at radius 2 is 1.87 bits per heavy atom. The predicted octanol–water partition coefficient (Wildman–Crippen LogP) is 1.74. The van der Waals surface area contributed by atoms with Crippen LogP contribution in [0.15, 0.2) is 11.2 Å².